The summed E-state index contributed by atoms with van der Waals surface area (Å²) < 4.78 is 76.9. The number of ether oxygens (including phenoxy) is 3. The zero-order chi connectivity index (χ0) is 34.4. The third-order valence-corrected chi connectivity index (χ3v) is 10.3. The number of phenolic OH excluding ortho intramolecular Hbond substituents is 1. The van der Waals surface area contributed by atoms with Crippen molar-refractivity contribution in [2.24, 2.45) is 0 Å². The van der Waals surface area contributed by atoms with Crippen LogP contribution < -0.4 is 23.2 Å². The first-order valence-electron chi connectivity index (χ1n) is 14.8. The molecule has 0 bridgehead atoms. The summed E-state index contributed by atoms with van der Waals surface area (Å²) in [7, 11) is -7.09. The van der Waals surface area contributed by atoms with Crippen LogP contribution >= 0.6 is 0 Å². The van der Waals surface area contributed by atoms with E-state index in [-0.39, 0.29) is 38.4 Å². The van der Waals surface area contributed by atoms with Gasteiger partial charge in [-0.1, -0.05) is 36.4 Å². The lowest BCUT2D eigenvalue weighted by Gasteiger charge is -2.27. The molecular formula is C37H30N2O8S2. The summed E-state index contributed by atoms with van der Waals surface area (Å²) in [4.78, 5) is -0.133. The lowest BCUT2D eigenvalue weighted by atomic mass is 10.2. The van der Waals surface area contributed by atoms with Crippen LogP contribution in [0.25, 0.3) is 0 Å². The fourth-order valence-electron chi connectivity index (χ4n) is 4.82. The smallest absolute Gasteiger partial charge is 0.268 e. The Hall–Kier alpha value is -5.98. The van der Waals surface area contributed by atoms with Crippen molar-refractivity contribution in [2.45, 2.75) is 9.79 Å². The number of nitrogens with one attached hydrogen (secondary N) is 1. The minimum absolute atomic E-state index is 0.0487. The average molecular weight is 695 g/mol. The monoisotopic (exact) mass is 694 g/mol. The van der Waals surface area contributed by atoms with E-state index in [0.717, 1.165) is 4.31 Å². The Morgan fingerprint density at radius 3 is 1.67 bits per heavy atom. The second-order valence-corrected chi connectivity index (χ2v) is 14.0. The normalized spacial score (nSPS) is 11.4. The molecule has 0 aliphatic rings. The number of phenols is 1. The standard InChI is InChI=1S/C37H30N2O8S2/c1-45-29-16-18-31(19-17-29)47-33-22-25-36(38-48(41,42)34-23-20-32(21-24-34)46-30-8-4-2-5-9-30)37(26-33)39(27-12-14-28(40)15-13-27)49(43,44)35-10-6-3-7-11-35/h2-26,38,40H,1H3. The van der Waals surface area contributed by atoms with Crippen LogP contribution in [0, 0.1) is 0 Å². The lowest BCUT2D eigenvalue weighted by Crippen LogP contribution is -2.27. The minimum atomic E-state index is -4.37. The number of benzene rings is 6. The molecular weight excluding hydrogens is 665 g/mol. The second-order valence-electron chi connectivity index (χ2n) is 10.5. The van der Waals surface area contributed by atoms with Gasteiger partial charge in [-0.3, -0.25) is 4.72 Å². The molecule has 0 saturated heterocycles. The molecule has 0 heterocycles. The lowest BCUT2D eigenvalue weighted by molar-refractivity contribution is 0.413. The van der Waals surface area contributed by atoms with Crippen LogP contribution in [-0.2, 0) is 20.0 Å². The fraction of sp³-hybridized carbons (Fsp3) is 0.0270. The molecule has 49 heavy (non-hydrogen) atoms. The highest BCUT2D eigenvalue weighted by atomic mass is 32.2. The van der Waals surface area contributed by atoms with Gasteiger partial charge in [0, 0.05) is 6.07 Å². The fourth-order valence-corrected chi connectivity index (χ4v) is 7.41. The summed E-state index contributed by atoms with van der Waals surface area (Å²) in [6, 6.07) is 39.2. The number of aromatic hydroxyl groups is 1. The third kappa shape index (κ3) is 7.61. The molecule has 0 atom stereocenters. The number of nitrogens with zero attached hydrogens (tertiary/aromatic N) is 1. The van der Waals surface area contributed by atoms with Crippen LogP contribution in [0.2, 0.25) is 0 Å². The van der Waals surface area contributed by atoms with Crippen molar-refractivity contribution in [1.82, 2.24) is 0 Å². The van der Waals surface area contributed by atoms with Crippen molar-refractivity contribution in [3.63, 3.8) is 0 Å². The Bertz CT molecular complexity index is 2250. The summed E-state index contributed by atoms with van der Waals surface area (Å²) in [6.07, 6.45) is 0. The van der Waals surface area contributed by atoms with E-state index in [2.05, 4.69) is 4.72 Å². The van der Waals surface area contributed by atoms with E-state index in [1.165, 1.54) is 78.9 Å². The largest absolute Gasteiger partial charge is 0.508 e. The zero-order valence-corrected chi connectivity index (χ0v) is 27.6. The van der Waals surface area contributed by atoms with Crippen LogP contribution in [0.15, 0.2) is 161 Å². The van der Waals surface area contributed by atoms with Gasteiger partial charge in [-0.05, 0) is 109 Å². The Kier molecular flexibility index (Phi) is 9.42. The van der Waals surface area contributed by atoms with E-state index in [1.807, 2.05) is 18.2 Å². The second kappa shape index (κ2) is 14.0. The van der Waals surface area contributed by atoms with Gasteiger partial charge in [0.1, 0.15) is 34.5 Å². The third-order valence-electron chi connectivity index (χ3n) is 7.21. The summed E-state index contributed by atoms with van der Waals surface area (Å²) in [6.45, 7) is 0. The average Bonchev–Trinajstić information content (AvgIpc) is 3.11. The Morgan fingerprint density at radius 1 is 0.551 bits per heavy atom. The van der Waals surface area contributed by atoms with Gasteiger partial charge in [0.05, 0.1) is 34.0 Å². The molecule has 0 aromatic heterocycles. The van der Waals surface area contributed by atoms with Crippen molar-refractivity contribution in [3.8, 4) is 34.5 Å². The summed E-state index contributed by atoms with van der Waals surface area (Å²) in [5.41, 5.74) is 0.0125. The topological polar surface area (TPSA) is 131 Å². The molecule has 0 radical (unpaired) electrons. The van der Waals surface area contributed by atoms with E-state index >= 15 is 0 Å². The summed E-state index contributed by atoms with van der Waals surface area (Å²) in [5.74, 6) is 2.20. The maximum absolute atomic E-state index is 14.4. The van der Waals surface area contributed by atoms with Crippen LogP contribution in [0.1, 0.15) is 0 Å². The van der Waals surface area contributed by atoms with E-state index in [0.29, 0.717) is 23.0 Å². The van der Waals surface area contributed by atoms with Gasteiger partial charge in [0.25, 0.3) is 20.0 Å². The van der Waals surface area contributed by atoms with Crippen molar-refractivity contribution in [3.05, 3.63) is 152 Å². The number of hydrogen-bond acceptors (Lipinski definition) is 8. The quantitative estimate of drug-likeness (QED) is 0.131. The van der Waals surface area contributed by atoms with Crippen molar-refractivity contribution < 1.29 is 36.2 Å². The molecule has 0 spiro atoms. The number of para-hydroxylation sites is 1. The maximum Gasteiger partial charge on any atom is 0.268 e. The number of methoxy groups -OCH3 is 1. The predicted molar refractivity (Wildman–Crippen MR) is 187 cm³/mol. The van der Waals surface area contributed by atoms with E-state index in [9.17, 15) is 21.9 Å². The van der Waals surface area contributed by atoms with E-state index in [4.69, 9.17) is 14.2 Å². The maximum atomic E-state index is 14.4. The van der Waals surface area contributed by atoms with Gasteiger partial charge in [0.2, 0.25) is 0 Å². The highest BCUT2D eigenvalue weighted by Crippen LogP contribution is 2.41. The van der Waals surface area contributed by atoms with Crippen LogP contribution in [0.3, 0.4) is 0 Å². The molecule has 6 aromatic rings. The number of anilines is 3. The van der Waals surface area contributed by atoms with Gasteiger partial charge in [-0.15, -0.1) is 0 Å². The molecule has 12 heteroatoms. The number of hydrogen-bond donors (Lipinski definition) is 2. The Labute approximate surface area is 284 Å². The predicted octanol–water partition coefficient (Wildman–Crippen LogP) is 8.31. The molecule has 0 saturated carbocycles. The van der Waals surface area contributed by atoms with Crippen LogP contribution in [-0.4, -0.2) is 29.1 Å². The first kappa shape index (κ1) is 32.9. The molecule has 0 aliphatic carbocycles. The van der Waals surface area contributed by atoms with Crippen molar-refractivity contribution in [2.75, 3.05) is 16.1 Å². The molecule has 248 valence electrons. The minimum Gasteiger partial charge on any atom is -0.508 e. The molecule has 0 fully saturated rings. The highest BCUT2D eigenvalue weighted by molar-refractivity contribution is 7.93. The molecule has 10 nitrogen and oxygen atoms in total. The Balaban J connectivity index is 1.43. The number of sulfonamides is 2. The first-order valence-corrected chi connectivity index (χ1v) is 17.8. The first-order chi connectivity index (χ1) is 23.6. The van der Waals surface area contributed by atoms with Crippen LogP contribution in [0.5, 0.6) is 34.5 Å². The molecule has 6 rings (SSSR count). The highest BCUT2D eigenvalue weighted by Gasteiger charge is 2.30. The summed E-state index contributed by atoms with van der Waals surface area (Å²) >= 11 is 0. The summed E-state index contributed by atoms with van der Waals surface area (Å²) in [5, 5.41) is 10.0. The van der Waals surface area contributed by atoms with Gasteiger partial charge < -0.3 is 19.3 Å². The van der Waals surface area contributed by atoms with E-state index in [1.54, 1.807) is 61.7 Å². The Morgan fingerprint density at radius 2 is 1.06 bits per heavy atom. The van der Waals surface area contributed by atoms with Crippen LogP contribution in [0.4, 0.5) is 17.1 Å². The van der Waals surface area contributed by atoms with Crippen molar-refractivity contribution >= 4 is 37.1 Å². The van der Waals surface area contributed by atoms with Gasteiger partial charge in [0.15, 0.2) is 0 Å². The van der Waals surface area contributed by atoms with Gasteiger partial charge in [-0.25, -0.2) is 21.1 Å². The molecule has 0 amide bonds. The van der Waals surface area contributed by atoms with E-state index < -0.39 is 20.0 Å². The van der Waals surface area contributed by atoms with Gasteiger partial charge in [-0.2, -0.15) is 0 Å². The molecule has 2 N–H and O–H groups in total. The molecule has 6 aromatic carbocycles. The van der Waals surface area contributed by atoms with Gasteiger partial charge >= 0.3 is 0 Å². The SMILES string of the molecule is COc1ccc(Oc2ccc(NS(=O)(=O)c3ccc(Oc4ccccc4)cc3)c(N(c3ccc(O)cc3)S(=O)(=O)c3ccccc3)c2)cc1. The number of rotatable bonds is 12. The zero-order valence-electron chi connectivity index (χ0n) is 26.0. The molecule has 0 unspecified atom stereocenters. The molecule has 0 aliphatic heterocycles. The van der Waals surface area contributed by atoms with Crippen molar-refractivity contribution in [1.29, 1.82) is 0 Å².